The van der Waals surface area contributed by atoms with E-state index in [1.807, 2.05) is 13.8 Å². The zero-order valence-electron chi connectivity index (χ0n) is 24.2. The van der Waals surface area contributed by atoms with Crippen LogP contribution in [0.15, 0.2) is 53.4 Å². The van der Waals surface area contributed by atoms with Gasteiger partial charge in [-0.05, 0) is 75.4 Å². The van der Waals surface area contributed by atoms with Crippen LogP contribution in [0, 0.1) is 0 Å². The van der Waals surface area contributed by atoms with E-state index in [9.17, 15) is 31.2 Å². The van der Waals surface area contributed by atoms with Gasteiger partial charge in [0.25, 0.3) is 0 Å². The molecule has 13 heteroatoms. The summed E-state index contributed by atoms with van der Waals surface area (Å²) in [6.07, 6.45) is -2.21. The first-order valence-electron chi connectivity index (χ1n) is 14.5. The molecule has 0 aromatic heterocycles. The third-order valence-electron chi connectivity index (χ3n) is 7.46. The lowest BCUT2D eigenvalue weighted by atomic mass is 10.0. The fourth-order valence-corrected chi connectivity index (χ4v) is 6.96. The maximum absolute atomic E-state index is 13.7. The van der Waals surface area contributed by atoms with Crippen molar-refractivity contribution >= 4 is 21.8 Å². The molecular formula is C30H38F3N3O6S. The van der Waals surface area contributed by atoms with Gasteiger partial charge >= 0.3 is 6.18 Å². The maximum Gasteiger partial charge on any atom is 0.416 e. The highest BCUT2D eigenvalue weighted by molar-refractivity contribution is 7.89. The summed E-state index contributed by atoms with van der Waals surface area (Å²) in [7, 11) is -4.45. The van der Waals surface area contributed by atoms with Crippen molar-refractivity contribution < 1.29 is 40.7 Å². The van der Waals surface area contributed by atoms with E-state index < -0.39 is 50.6 Å². The number of alkyl halides is 3. The van der Waals surface area contributed by atoms with Gasteiger partial charge in [0, 0.05) is 32.2 Å². The van der Waals surface area contributed by atoms with Crippen LogP contribution in [0.4, 0.5) is 13.2 Å². The second-order valence-electron chi connectivity index (χ2n) is 11.1. The van der Waals surface area contributed by atoms with Crippen LogP contribution in [0.3, 0.4) is 0 Å². The van der Waals surface area contributed by atoms with Crippen LogP contribution in [-0.4, -0.2) is 68.5 Å². The van der Waals surface area contributed by atoms with Gasteiger partial charge in [0.2, 0.25) is 21.8 Å². The molecule has 0 saturated carbocycles. The number of hydrogen-bond donors (Lipinski definition) is 2. The van der Waals surface area contributed by atoms with E-state index in [2.05, 4.69) is 10.6 Å². The number of sulfonamides is 1. The zero-order valence-corrected chi connectivity index (χ0v) is 25.0. The Morgan fingerprint density at radius 3 is 2.40 bits per heavy atom. The topological polar surface area (TPSA) is 114 Å². The molecule has 2 N–H and O–H groups in total. The summed E-state index contributed by atoms with van der Waals surface area (Å²) >= 11 is 0. The maximum atomic E-state index is 13.7. The van der Waals surface area contributed by atoms with Crippen molar-refractivity contribution in [2.75, 3.05) is 19.8 Å². The van der Waals surface area contributed by atoms with Crippen LogP contribution < -0.4 is 15.4 Å². The number of rotatable bonds is 10. The monoisotopic (exact) mass is 625 g/mol. The predicted octanol–water partition coefficient (Wildman–Crippen LogP) is 4.06. The molecule has 4 rings (SSSR count). The van der Waals surface area contributed by atoms with Crippen molar-refractivity contribution in [3.63, 3.8) is 0 Å². The van der Waals surface area contributed by atoms with Gasteiger partial charge in [-0.2, -0.15) is 17.5 Å². The number of amides is 2. The van der Waals surface area contributed by atoms with Crippen LogP contribution >= 0.6 is 0 Å². The Balaban J connectivity index is 1.56. The van der Waals surface area contributed by atoms with Gasteiger partial charge < -0.3 is 20.1 Å². The number of nitrogens with one attached hydrogen (secondary N) is 2. The molecular weight excluding hydrogens is 587 g/mol. The van der Waals surface area contributed by atoms with Crippen molar-refractivity contribution in [2.45, 2.75) is 87.7 Å². The Kier molecular flexibility index (Phi) is 10.7. The molecule has 0 radical (unpaired) electrons. The lowest BCUT2D eigenvalue weighted by Crippen LogP contribution is -2.57. The first kappa shape index (κ1) is 32.7. The predicted molar refractivity (Wildman–Crippen MR) is 153 cm³/mol. The van der Waals surface area contributed by atoms with E-state index in [4.69, 9.17) is 9.47 Å². The minimum absolute atomic E-state index is 0.0196. The highest BCUT2D eigenvalue weighted by Crippen LogP contribution is 2.32. The fourth-order valence-electron chi connectivity index (χ4n) is 5.26. The van der Waals surface area contributed by atoms with Gasteiger partial charge in [0.1, 0.15) is 17.8 Å². The lowest BCUT2D eigenvalue weighted by molar-refractivity contribution is -0.137. The molecule has 2 aliphatic heterocycles. The standard InChI is InChI=1S/C30H38F3N3O6S/c1-20(2)42-24-11-9-21(10-12-24)18-26(28(37)34-23-13-16-41-17-14-23)35-29(38)27-8-3-4-15-36(27)43(39,40)25-7-5-6-22(19-25)30(31,32)33/h5-7,9-12,19-20,23,26-27H,3-4,8,13-18H2,1-2H3,(H,34,37)(H,35,38). The number of carbonyl (C=O) groups is 2. The normalized spacial score (nSPS) is 19.5. The molecule has 2 aromatic rings. The number of ether oxygens (including phenoxy) is 2. The van der Waals surface area contributed by atoms with Gasteiger partial charge in [0.15, 0.2) is 0 Å². The average Bonchev–Trinajstić information content (AvgIpc) is 2.97. The summed E-state index contributed by atoms with van der Waals surface area (Å²) in [5, 5.41) is 5.74. The Hall–Kier alpha value is -3.16. The van der Waals surface area contributed by atoms with Crippen LogP contribution in [0.25, 0.3) is 0 Å². The quantitative estimate of drug-likeness (QED) is 0.412. The van der Waals surface area contributed by atoms with Crippen LogP contribution in [0.5, 0.6) is 5.75 Å². The Morgan fingerprint density at radius 1 is 1.05 bits per heavy atom. The van der Waals surface area contributed by atoms with Crippen molar-refractivity contribution in [2.24, 2.45) is 0 Å². The summed E-state index contributed by atoms with van der Waals surface area (Å²) in [4.78, 5) is 26.6. The van der Waals surface area contributed by atoms with Crippen LogP contribution in [-0.2, 0) is 36.9 Å². The van der Waals surface area contributed by atoms with Gasteiger partial charge in [-0.3, -0.25) is 9.59 Å². The lowest BCUT2D eigenvalue weighted by Gasteiger charge is -2.35. The van der Waals surface area contributed by atoms with E-state index >= 15 is 0 Å². The van der Waals surface area contributed by atoms with Gasteiger partial charge in [-0.15, -0.1) is 0 Å². The molecule has 43 heavy (non-hydrogen) atoms. The third kappa shape index (κ3) is 8.70. The fraction of sp³-hybridized carbons (Fsp3) is 0.533. The SMILES string of the molecule is CC(C)Oc1ccc(CC(NC(=O)C2CCCCN2S(=O)(=O)c2cccc(C(F)(F)F)c2)C(=O)NC2CCOCC2)cc1. The Morgan fingerprint density at radius 2 is 1.74 bits per heavy atom. The highest BCUT2D eigenvalue weighted by Gasteiger charge is 2.40. The zero-order chi connectivity index (χ0) is 31.2. The van der Waals surface area contributed by atoms with Gasteiger partial charge in [-0.25, -0.2) is 8.42 Å². The van der Waals surface area contributed by atoms with E-state index in [1.165, 1.54) is 0 Å². The number of carbonyl (C=O) groups excluding carboxylic acids is 2. The second-order valence-corrected chi connectivity index (χ2v) is 13.0. The molecule has 0 aliphatic carbocycles. The highest BCUT2D eigenvalue weighted by atomic mass is 32.2. The number of halogens is 3. The van der Waals surface area contributed by atoms with Crippen LogP contribution in [0.1, 0.15) is 57.1 Å². The van der Waals surface area contributed by atoms with E-state index in [0.29, 0.717) is 50.7 Å². The van der Waals surface area contributed by atoms with Gasteiger partial charge in [-0.1, -0.05) is 24.6 Å². The molecule has 2 saturated heterocycles. The molecule has 2 atom stereocenters. The summed E-state index contributed by atoms with van der Waals surface area (Å²) in [6, 6.07) is 8.29. The first-order valence-corrected chi connectivity index (χ1v) is 15.9. The molecule has 2 heterocycles. The Bertz CT molecular complexity index is 1360. The van der Waals surface area contributed by atoms with Crippen molar-refractivity contribution in [3.8, 4) is 5.75 Å². The minimum atomic E-state index is -4.73. The number of piperidine rings is 1. The van der Waals surface area contributed by atoms with Crippen molar-refractivity contribution in [1.29, 1.82) is 0 Å². The summed E-state index contributed by atoms with van der Waals surface area (Å²) in [5.41, 5.74) is -0.345. The third-order valence-corrected chi connectivity index (χ3v) is 9.36. The number of nitrogens with zero attached hydrogens (tertiary/aromatic N) is 1. The van der Waals surface area contributed by atoms with Crippen molar-refractivity contribution in [3.05, 3.63) is 59.7 Å². The molecule has 2 fully saturated rings. The molecule has 2 aromatic carbocycles. The number of hydrogen-bond acceptors (Lipinski definition) is 6. The average molecular weight is 626 g/mol. The molecule has 0 spiro atoms. The summed E-state index contributed by atoms with van der Waals surface area (Å²) in [6.45, 7) is 4.78. The smallest absolute Gasteiger partial charge is 0.416 e. The molecule has 2 amide bonds. The molecule has 0 bridgehead atoms. The number of benzene rings is 2. The van der Waals surface area contributed by atoms with E-state index in [0.717, 1.165) is 28.1 Å². The first-order chi connectivity index (χ1) is 20.3. The largest absolute Gasteiger partial charge is 0.491 e. The van der Waals surface area contributed by atoms with Crippen molar-refractivity contribution in [1.82, 2.24) is 14.9 Å². The van der Waals surface area contributed by atoms with Gasteiger partial charge in [0.05, 0.1) is 16.6 Å². The van der Waals surface area contributed by atoms with Crippen LogP contribution in [0.2, 0.25) is 0 Å². The Labute approximate surface area is 250 Å². The molecule has 236 valence electrons. The molecule has 9 nitrogen and oxygen atoms in total. The van der Waals surface area contributed by atoms with E-state index in [1.54, 1.807) is 24.3 Å². The molecule has 2 unspecified atom stereocenters. The van der Waals surface area contributed by atoms with E-state index in [-0.39, 0.29) is 31.5 Å². The molecule has 2 aliphatic rings. The second kappa shape index (κ2) is 14.1. The minimum Gasteiger partial charge on any atom is -0.491 e. The summed E-state index contributed by atoms with van der Waals surface area (Å²) in [5.74, 6) is -0.434. The summed E-state index contributed by atoms with van der Waals surface area (Å²) < 4.78 is 79.1.